The fourth-order valence-electron chi connectivity index (χ4n) is 4.96. The number of hydrogen-bond donors (Lipinski definition) is 1. The molecule has 3 aliphatic rings. The number of aromatic nitrogens is 1. The smallest absolute Gasteiger partial charge is 0.227 e. The van der Waals surface area contributed by atoms with Gasteiger partial charge in [0.05, 0.1) is 6.42 Å². The first-order chi connectivity index (χ1) is 12.8. The number of nitrogens with one attached hydrogen (secondary N) is 1. The molecule has 2 bridgehead atoms. The van der Waals surface area contributed by atoms with Crippen LogP contribution in [0, 0.1) is 26.7 Å². The number of nitrogens with zero attached hydrogens (tertiary/aromatic N) is 2. The number of hydrogen-bond acceptors (Lipinski definition) is 2. The maximum atomic E-state index is 13.3. The van der Waals surface area contributed by atoms with E-state index in [2.05, 4.69) is 42.8 Å². The SMILES string of the molecule is CC(=O)N1C[C@H]2CC[C@@H](C1)N(C(=O)Cc1c(C)[nH]c3c(C)cc(C)cc13)C2. The van der Waals surface area contributed by atoms with Gasteiger partial charge in [0, 0.05) is 49.2 Å². The zero-order valence-electron chi connectivity index (χ0n) is 16.8. The summed E-state index contributed by atoms with van der Waals surface area (Å²) in [5, 5.41) is 1.17. The van der Waals surface area contributed by atoms with E-state index in [4.69, 9.17) is 0 Å². The van der Waals surface area contributed by atoms with Crippen molar-refractivity contribution in [2.45, 2.75) is 53.0 Å². The van der Waals surface area contributed by atoms with E-state index in [9.17, 15) is 9.59 Å². The molecule has 2 atom stereocenters. The molecule has 1 aromatic heterocycles. The summed E-state index contributed by atoms with van der Waals surface area (Å²) < 4.78 is 0. The van der Waals surface area contributed by atoms with Gasteiger partial charge in [-0.05, 0) is 56.7 Å². The summed E-state index contributed by atoms with van der Waals surface area (Å²) in [5.41, 5.74) is 5.78. The van der Waals surface area contributed by atoms with Gasteiger partial charge >= 0.3 is 0 Å². The number of fused-ring (bicyclic) bond motifs is 5. The van der Waals surface area contributed by atoms with Gasteiger partial charge in [-0.25, -0.2) is 0 Å². The van der Waals surface area contributed by atoms with Crippen molar-refractivity contribution in [2.75, 3.05) is 19.6 Å². The minimum Gasteiger partial charge on any atom is -0.358 e. The third-order valence-electron chi connectivity index (χ3n) is 6.38. The lowest BCUT2D eigenvalue weighted by molar-refractivity contribution is -0.135. The molecule has 0 saturated carbocycles. The van der Waals surface area contributed by atoms with E-state index in [1.54, 1.807) is 6.92 Å². The average molecular weight is 367 g/mol. The van der Waals surface area contributed by atoms with E-state index >= 15 is 0 Å². The highest BCUT2D eigenvalue weighted by Crippen LogP contribution is 2.31. The summed E-state index contributed by atoms with van der Waals surface area (Å²) in [7, 11) is 0. The quantitative estimate of drug-likeness (QED) is 0.887. The maximum Gasteiger partial charge on any atom is 0.227 e. The van der Waals surface area contributed by atoms with Gasteiger partial charge in [0.1, 0.15) is 0 Å². The van der Waals surface area contributed by atoms with Crippen LogP contribution >= 0.6 is 0 Å². The van der Waals surface area contributed by atoms with E-state index in [1.165, 1.54) is 16.5 Å². The summed E-state index contributed by atoms with van der Waals surface area (Å²) in [6, 6.07) is 4.52. The van der Waals surface area contributed by atoms with Crippen LogP contribution in [0.1, 0.15) is 42.1 Å². The van der Waals surface area contributed by atoms with Crippen molar-refractivity contribution in [1.29, 1.82) is 0 Å². The fourth-order valence-corrected chi connectivity index (χ4v) is 4.96. The van der Waals surface area contributed by atoms with Crippen molar-refractivity contribution in [3.05, 3.63) is 34.5 Å². The molecule has 5 heteroatoms. The molecule has 3 aliphatic heterocycles. The van der Waals surface area contributed by atoms with Crippen molar-refractivity contribution in [1.82, 2.24) is 14.8 Å². The third-order valence-corrected chi connectivity index (χ3v) is 6.38. The maximum absolute atomic E-state index is 13.3. The van der Waals surface area contributed by atoms with Crippen LogP contribution in [0.3, 0.4) is 0 Å². The molecule has 4 heterocycles. The molecule has 2 aromatic rings. The summed E-state index contributed by atoms with van der Waals surface area (Å²) >= 11 is 0. The lowest BCUT2D eigenvalue weighted by atomic mass is 9.94. The van der Waals surface area contributed by atoms with Crippen LogP contribution in [0.25, 0.3) is 10.9 Å². The number of amides is 2. The van der Waals surface area contributed by atoms with Gasteiger partial charge in [-0.3, -0.25) is 9.59 Å². The zero-order chi connectivity index (χ0) is 19.3. The first kappa shape index (κ1) is 18.1. The Bertz CT molecular complexity index is 914. The highest BCUT2D eigenvalue weighted by atomic mass is 16.2. The van der Waals surface area contributed by atoms with Crippen LogP contribution in [0.4, 0.5) is 0 Å². The molecule has 0 aliphatic carbocycles. The molecule has 2 amide bonds. The number of benzene rings is 1. The van der Waals surface area contributed by atoms with E-state index in [-0.39, 0.29) is 17.9 Å². The van der Waals surface area contributed by atoms with Gasteiger partial charge in [0.25, 0.3) is 0 Å². The Hall–Kier alpha value is -2.30. The van der Waals surface area contributed by atoms with Crippen LogP contribution in [0.2, 0.25) is 0 Å². The Morgan fingerprint density at radius 1 is 1.11 bits per heavy atom. The van der Waals surface area contributed by atoms with E-state index < -0.39 is 0 Å². The predicted molar refractivity (Wildman–Crippen MR) is 107 cm³/mol. The molecule has 1 N–H and O–H groups in total. The van der Waals surface area contributed by atoms with Gasteiger partial charge in [0.15, 0.2) is 0 Å². The molecule has 3 fully saturated rings. The van der Waals surface area contributed by atoms with Crippen molar-refractivity contribution in [3.8, 4) is 0 Å². The Labute approximate surface area is 160 Å². The Morgan fingerprint density at radius 3 is 2.63 bits per heavy atom. The zero-order valence-corrected chi connectivity index (χ0v) is 16.8. The third kappa shape index (κ3) is 3.24. The first-order valence-corrected chi connectivity index (χ1v) is 9.97. The van der Waals surface area contributed by atoms with E-state index in [1.807, 2.05) is 4.90 Å². The van der Waals surface area contributed by atoms with Crippen molar-refractivity contribution >= 4 is 22.7 Å². The minimum absolute atomic E-state index is 0.125. The molecule has 3 saturated heterocycles. The highest BCUT2D eigenvalue weighted by molar-refractivity contribution is 5.92. The van der Waals surface area contributed by atoms with Gasteiger partial charge in [-0.15, -0.1) is 0 Å². The van der Waals surface area contributed by atoms with Crippen molar-refractivity contribution < 1.29 is 9.59 Å². The Kier molecular flexibility index (Phi) is 4.49. The molecule has 144 valence electrons. The predicted octanol–water partition coefficient (Wildman–Crippen LogP) is 3.10. The second-order valence-electron chi connectivity index (χ2n) is 8.48. The molecule has 27 heavy (non-hydrogen) atoms. The molecule has 1 aromatic carbocycles. The van der Waals surface area contributed by atoms with Crippen molar-refractivity contribution in [2.24, 2.45) is 5.92 Å². The van der Waals surface area contributed by atoms with Crippen LogP contribution < -0.4 is 0 Å². The minimum atomic E-state index is 0.125. The topological polar surface area (TPSA) is 56.4 Å². The molecule has 0 unspecified atom stereocenters. The van der Waals surface area contributed by atoms with Crippen LogP contribution in [0.15, 0.2) is 12.1 Å². The molecule has 0 spiro atoms. The van der Waals surface area contributed by atoms with Gasteiger partial charge in [-0.1, -0.05) is 11.6 Å². The fraction of sp³-hybridized carbons (Fsp3) is 0.545. The largest absolute Gasteiger partial charge is 0.358 e. The van der Waals surface area contributed by atoms with Gasteiger partial charge in [0.2, 0.25) is 11.8 Å². The summed E-state index contributed by atoms with van der Waals surface area (Å²) in [4.78, 5) is 32.6. The van der Waals surface area contributed by atoms with E-state index in [0.29, 0.717) is 18.9 Å². The molecule has 5 nitrogen and oxygen atoms in total. The molecule has 5 rings (SSSR count). The normalized spacial score (nSPS) is 22.4. The second kappa shape index (κ2) is 6.70. The number of carbonyl (C=O) groups is 2. The van der Waals surface area contributed by atoms with E-state index in [0.717, 1.165) is 42.7 Å². The summed E-state index contributed by atoms with van der Waals surface area (Å²) in [6.45, 7) is 10.2. The number of H-pyrrole nitrogens is 1. The highest BCUT2D eigenvalue weighted by Gasteiger charge is 2.38. The van der Waals surface area contributed by atoms with Crippen LogP contribution in [0.5, 0.6) is 0 Å². The second-order valence-corrected chi connectivity index (χ2v) is 8.48. The average Bonchev–Trinajstić information content (AvgIpc) is 2.80. The monoisotopic (exact) mass is 367 g/mol. The van der Waals surface area contributed by atoms with Gasteiger partial charge in [-0.2, -0.15) is 0 Å². The van der Waals surface area contributed by atoms with Crippen LogP contribution in [-0.2, 0) is 16.0 Å². The number of carbonyl (C=O) groups excluding carboxylic acids is 2. The summed E-state index contributed by atoms with van der Waals surface area (Å²) in [6.07, 6.45) is 2.55. The Balaban J connectivity index is 1.61. The summed E-state index contributed by atoms with van der Waals surface area (Å²) in [5.74, 6) is 0.725. The lowest BCUT2D eigenvalue weighted by Gasteiger charge is -2.36. The Morgan fingerprint density at radius 2 is 1.89 bits per heavy atom. The molecule has 0 radical (unpaired) electrons. The lowest BCUT2D eigenvalue weighted by Crippen LogP contribution is -2.48. The standard InChI is InChI=1S/C22H29N3O2/c1-13-7-14(2)22-20(8-13)19(15(3)23-22)9-21(27)25-11-17-5-6-18(25)12-24(10-17)16(4)26/h7-8,17-18,23H,5-6,9-12H2,1-4H3/t17-,18+/m1/s1. The van der Waals surface area contributed by atoms with Gasteiger partial charge < -0.3 is 14.8 Å². The number of rotatable bonds is 2. The molecular formula is C22H29N3O2. The first-order valence-electron chi connectivity index (χ1n) is 9.97. The number of aromatic amines is 1. The number of piperidine rings is 1. The van der Waals surface area contributed by atoms with Crippen LogP contribution in [-0.4, -0.2) is 52.3 Å². The molecular weight excluding hydrogens is 338 g/mol. The van der Waals surface area contributed by atoms with Crippen molar-refractivity contribution in [3.63, 3.8) is 0 Å². The number of aryl methyl sites for hydroxylation is 3.